The van der Waals surface area contributed by atoms with Crippen LogP contribution < -0.4 is 0 Å². The molecule has 15 heavy (non-hydrogen) atoms. The minimum atomic E-state index is 0.904. The molecule has 1 fully saturated rings. The van der Waals surface area contributed by atoms with Crippen molar-refractivity contribution >= 4 is 11.0 Å². The van der Waals surface area contributed by atoms with Crippen molar-refractivity contribution in [1.29, 1.82) is 0 Å². The monoisotopic (exact) mass is 200 g/mol. The van der Waals surface area contributed by atoms with Crippen LogP contribution in [-0.2, 0) is 6.54 Å². The second-order valence-corrected chi connectivity index (χ2v) is 4.71. The lowest BCUT2D eigenvalue weighted by molar-refractivity contribution is 0.626. The first-order valence-corrected chi connectivity index (χ1v) is 5.67. The van der Waals surface area contributed by atoms with Crippen LogP contribution in [0.2, 0.25) is 0 Å². The Bertz CT molecular complexity index is 506. The zero-order chi connectivity index (χ0) is 10.4. The first kappa shape index (κ1) is 8.96. The molecular weight excluding hydrogens is 184 g/mol. The third-order valence-corrected chi connectivity index (χ3v) is 3.23. The quantitative estimate of drug-likeness (QED) is 0.728. The minimum Gasteiger partial charge on any atom is -0.328 e. The summed E-state index contributed by atoms with van der Waals surface area (Å²) in [4.78, 5) is 4.60. The van der Waals surface area contributed by atoms with E-state index in [1.807, 2.05) is 0 Å². The average Bonchev–Trinajstić information content (AvgIpc) is 2.96. The van der Waals surface area contributed by atoms with Crippen LogP contribution >= 0.6 is 0 Å². The second-order valence-electron chi connectivity index (χ2n) is 4.71. The van der Waals surface area contributed by atoms with Crippen LogP contribution in [0.3, 0.4) is 0 Å². The van der Waals surface area contributed by atoms with Crippen molar-refractivity contribution in [3.63, 3.8) is 0 Å². The van der Waals surface area contributed by atoms with E-state index in [-0.39, 0.29) is 0 Å². The van der Waals surface area contributed by atoms with Crippen molar-refractivity contribution < 1.29 is 0 Å². The van der Waals surface area contributed by atoms with Gasteiger partial charge in [0.25, 0.3) is 0 Å². The summed E-state index contributed by atoms with van der Waals surface area (Å²) in [6, 6.07) is 6.51. The third kappa shape index (κ3) is 1.54. The van der Waals surface area contributed by atoms with E-state index in [0.29, 0.717) is 0 Å². The Morgan fingerprint density at radius 1 is 1.33 bits per heavy atom. The highest BCUT2D eigenvalue weighted by Crippen LogP contribution is 2.32. The standard InChI is InChI=1S/C13H16N2/c1-9-3-6-12-13(7-9)15(10(2)14-12)8-11-4-5-11/h3,6-7,11H,4-5,8H2,1-2H3. The largest absolute Gasteiger partial charge is 0.328 e. The molecule has 2 nitrogen and oxygen atoms in total. The second kappa shape index (κ2) is 3.09. The van der Waals surface area contributed by atoms with Crippen LogP contribution in [0.15, 0.2) is 18.2 Å². The summed E-state index contributed by atoms with van der Waals surface area (Å²) in [7, 11) is 0. The van der Waals surface area contributed by atoms with Crippen molar-refractivity contribution in [3.8, 4) is 0 Å². The van der Waals surface area contributed by atoms with E-state index in [1.54, 1.807) is 0 Å². The van der Waals surface area contributed by atoms with Gasteiger partial charge in [0.15, 0.2) is 0 Å². The lowest BCUT2D eigenvalue weighted by atomic mass is 10.2. The number of hydrogen-bond acceptors (Lipinski definition) is 1. The molecule has 0 bridgehead atoms. The number of imidazole rings is 1. The molecule has 0 amide bonds. The Kier molecular flexibility index (Phi) is 1.84. The lowest BCUT2D eigenvalue weighted by Gasteiger charge is -2.05. The summed E-state index contributed by atoms with van der Waals surface area (Å²) in [6.07, 6.45) is 2.79. The zero-order valence-electron chi connectivity index (χ0n) is 9.33. The summed E-state index contributed by atoms with van der Waals surface area (Å²) >= 11 is 0. The smallest absolute Gasteiger partial charge is 0.106 e. The van der Waals surface area contributed by atoms with Gasteiger partial charge in [-0.15, -0.1) is 0 Å². The Balaban J connectivity index is 2.15. The first-order valence-electron chi connectivity index (χ1n) is 5.67. The van der Waals surface area contributed by atoms with Gasteiger partial charge in [-0.25, -0.2) is 4.98 Å². The molecule has 0 atom stereocenters. The Labute approximate surface area is 89.9 Å². The van der Waals surface area contributed by atoms with Crippen LogP contribution in [-0.4, -0.2) is 9.55 Å². The van der Waals surface area contributed by atoms with E-state index < -0.39 is 0 Å². The molecule has 2 aromatic rings. The molecule has 0 saturated heterocycles. The minimum absolute atomic E-state index is 0.904. The van der Waals surface area contributed by atoms with Crippen molar-refractivity contribution in [2.45, 2.75) is 33.2 Å². The Hall–Kier alpha value is -1.31. The van der Waals surface area contributed by atoms with Gasteiger partial charge in [-0.2, -0.15) is 0 Å². The molecule has 0 aliphatic heterocycles. The van der Waals surface area contributed by atoms with Crippen molar-refractivity contribution in [2.75, 3.05) is 0 Å². The Morgan fingerprint density at radius 2 is 2.13 bits per heavy atom. The van der Waals surface area contributed by atoms with Crippen LogP contribution in [0.1, 0.15) is 24.2 Å². The normalized spacial score (nSPS) is 16.1. The number of fused-ring (bicyclic) bond motifs is 1. The molecule has 0 N–H and O–H groups in total. The van der Waals surface area contributed by atoms with Gasteiger partial charge in [0, 0.05) is 6.54 Å². The highest BCUT2D eigenvalue weighted by molar-refractivity contribution is 5.76. The predicted octanol–water partition coefficient (Wildman–Crippen LogP) is 3.06. The van der Waals surface area contributed by atoms with E-state index in [9.17, 15) is 0 Å². The maximum atomic E-state index is 4.60. The van der Waals surface area contributed by atoms with E-state index >= 15 is 0 Å². The number of benzene rings is 1. The topological polar surface area (TPSA) is 17.8 Å². The molecule has 1 heterocycles. The number of aryl methyl sites for hydroxylation is 2. The van der Waals surface area contributed by atoms with Crippen molar-refractivity contribution in [2.24, 2.45) is 5.92 Å². The molecule has 0 unspecified atom stereocenters. The third-order valence-electron chi connectivity index (χ3n) is 3.23. The Morgan fingerprint density at radius 3 is 2.87 bits per heavy atom. The van der Waals surface area contributed by atoms with E-state index in [0.717, 1.165) is 23.8 Å². The van der Waals surface area contributed by atoms with Gasteiger partial charge in [-0.05, 0) is 50.3 Å². The fraction of sp³-hybridized carbons (Fsp3) is 0.462. The van der Waals surface area contributed by atoms with E-state index in [4.69, 9.17) is 0 Å². The van der Waals surface area contributed by atoms with Gasteiger partial charge in [0.05, 0.1) is 11.0 Å². The highest BCUT2D eigenvalue weighted by atomic mass is 15.1. The number of rotatable bonds is 2. The lowest BCUT2D eigenvalue weighted by Crippen LogP contribution is -2.01. The molecule has 1 aromatic carbocycles. The molecule has 1 saturated carbocycles. The molecule has 1 aliphatic carbocycles. The van der Waals surface area contributed by atoms with Gasteiger partial charge in [0.1, 0.15) is 5.82 Å². The summed E-state index contributed by atoms with van der Waals surface area (Å²) in [5.74, 6) is 2.06. The molecule has 1 aliphatic rings. The van der Waals surface area contributed by atoms with Gasteiger partial charge in [-0.3, -0.25) is 0 Å². The van der Waals surface area contributed by atoms with Gasteiger partial charge in [-0.1, -0.05) is 6.07 Å². The molecule has 2 heteroatoms. The molecule has 3 rings (SSSR count). The molecule has 78 valence electrons. The SMILES string of the molecule is Cc1ccc2nc(C)n(CC3CC3)c2c1. The van der Waals surface area contributed by atoms with Gasteiger partial charge in [0.2, 0.25) is 0 Å². The number of nitrogens with zero attached hydrogens (tertiary/aromatic N) is 2. The van der Waals surface area contributed by atoms with Gasteiger partial charge < -0.3 is 4.57 Å². The van der Waals surface area contributed by atoms with Gasteiger partial charge >= 0.3 is 0 Å². The van der Waals surface area contributed by atoms with Crippen LogP contribution in [0.4, 0.5) is 0 Å². The van der Waals surface area contributed by atoms with Crippen LogP contribution in [0.5, 0.6) is 0 Å². The van der Waals surface area contributed by atoms with Crippen LogP contribution in [0.25, 0.3) is 11.0 Å². The molecular formula is C13H16N2. The maximum absolute atomic E-state index is 4.60. The fourth-order valence-corrected chi connectivity index (χ4v) is 2.14. The highest BCUT2D eigenvalue weighted by Gasteiger charge is 2.23. The summed E-state index contributed by atoms with van der Waals surface area (Å²) in [5.41, 5.74) is 3.76. The molecule has 0 spiro atoms. The predicted molar refractivity (Wildman–Crippen MR) is 61.9 cm³/mol. The summed E-state index contributed by atoms with van der Waals surface area (Å²) < 4.78 is 2.38. The van der Waals surface area contributed by atoms with Crippen LogP contribution in [0, 0.1) is 19.8 Å². The first-order chi connectivity index (χ1) is 7.24. The average molecular weight is 200 g/mol. The molecule has 0 radical (unpaired) electrons. The van der Waals surface area contributed by atoms with Crippen molar-refractivity contribution in [3.05, 3.63) is 29.6 Å². The fourth-order valence-electron chi connectivity index (χ4n) is 2.14. The van der Waals surface area contributed by atoms with E-state index in [1.165, 1.54) is 23.9 Å². The van der Waals surface area contributed by atoms with Crippen molar-refractivity contribution in [1.82, 2.24) is 9.55 Å². The summed E-state index contributed by atoms with van der Waals surface area (Å²) in [5, 5.41) is 0. The zero-order valence-corrected chi connectivity index (χ0v) is 9.33. The number of aromatic nitrogens is 2. The molecule has 1 aromatic heterocycles. The van der Waals surface area contributed by atoms with E-state index in [2.05, 4.69) is 41.6 Å². The number of hydrogen-bond donors (Lipinski definition) is 0. The summed E-state index contributed by atoms with van der Waals surface area (Å²) in [6.45, 7) is 5.41. The maximum Gasteiger partial charge on any atom is 0.106 e.